The molecule has 2 N–H and O–H groups in total. The molecule has 0 spiro atoms. The van der Waals surface area contributed by atoms with Crippen LogP contribution >= 0.6 is 0 Å². The molecule has 3 heterocycles. The molecule has 0 saturated carbocycles. The number of aromatic nitrogens is 1. The lowest BCUT2D eigenvalue weighted by molar-refractivity contribution is 0.0543. The lowest BCUT2D eigenvalue weighted by Gasteiger charge is -2.41. The SMILES string of the molecule is C[C@H]1/C=C\CCOCN2CN1C(=O)c1c(O)c(=O)c(C(=O)NCc3c(F)cc(F)cc3F)cn12. The molecule has 4 rings (SSSR count). The summed E-state index contributed by atoms with van der Waals surface area (Å²) < 4.78 is 47.6. The van der Waals surface area contributed by atoms with E-state index < -0.39 is 58.1 Å². The van der Waals surface area contributed by atoms with Crippen molar-refractivity contribution in [3.63, 3.8) is 0 Å². The molecule has 0 fully saturated rings. The molecule has 34 heavy (non-hydrogen) atoms. The molecule has 2 bridgehead atoms. The van der Waals surface area contributed by atoms with Gasteiger partial charge in [-0.05, 0) is 13.3 Å². The number of carbonyl (C=O) groups excluding carboxylic acids is 2. The monoisotopic (exact) mass is 478 g/mol. The first kappa shape index (κ1) is 23.4. The molecule has 9 nitrogen and oxygen atoms in total. The van der Waals surface area contributed by atoms with Crippen molar-refractivity contribution >= 4 is 11.8 Å². The molecule has 12 heteroatoms. The van der Waals surface area contributed by atoms with E-state index in [1.54, 1.807) is 6.92 Å². The Morgan fingerprint density at radius 3 is 2.65 bits per heavy atom. The van der Waals surface area contributed by atoms with Gasteiger partial charge in [-0.15, -0.1) is 0 Å². The number of halogens is 3. The fraction of sp³-hybridized carbons (Fsp3) is 0.318. The van der Waals surface area contributed by atoms with Crippen molar-refractivity contribution in [2.24, 2.45) is 0 Å². The van der Waals surface area contributed by atoms with Gasteiger partial charge in [-0.2, -0.15) is 0 Å². The van der Waals surface area contributed by atoms with E-state index in [0.717, 1.165) is 6.20 Å². The topological polar surface area (TPSA) is 104 Å². The minimum absolute atomic E-state index is 0.00723. The molecule has 180 valence electrons. The van der Waals surface area contributed by atoms with E-state index in [1.807, 2.05) is 12.2 Å². The minimum atomic E-state index is -1.21. The van der Waals surface area contributed by atoms with Gasteiger partial charge in [-0.25, -0.2) is 13.2 Å². The van der Waals surface area contributed by atoms with Gasteiger partial charge in [0.1, 0.15) is 36.4 Å². The van der Waals surface area contributed by atoms with Crippen LogP contribution in [0.3, 0.4) is 0 Å². The van der Waals surface area contributed by atoms with Gasteiger partial charge in [0.05, 0.1) is 6.61 Å². The molecule has 2 aliphatic rings. The maximum Gasteiger partial charge on any atom is 0.278 e. The number of hydrogen-bond acceptors (Lipinski definition) is 6. The van der Waals surface area contributed by atoms with E-state index in [1.165, 1.54) is 14.6 Å². The highest BCUT2D eigenvalue weighted by molar-refractivity contribution is 5.99. The second kappa shape index (κ2) is 9.21. The number of carbonyl (C=O) groups is 2. The minimum Gasteiger partial charge on any atom is -0.502 e. The van der Waals surface area contributed by atoms with Crippen LogP contribution in [0.5, 0.6) is 5.75 Å². The number of benzene rings is 1. The van der Waals surface area contributed by atoms with Crippen molar-refractivity contribution in [2.45, 2.75) is 25.9 Å². The molecule has 0 saturated heterocycles. The van der Waals surface area contributed by atoms with Crippen molar-refractivity contribution in [3.05, 3.63) is 75.0 Å². The van der Waals surface area contributed by atoms with E-state index in [0.29, 0.717) is 25.2 Å². The maximum atomic E-state index is 13.9. The predicted molar refractivity (Wildman–Crippen MR) is 113 cm³/mol. The van der Waals surface area contributed by atoms with Gasteiger partial charge in [0.25, 0.3) is 11.8 Å². The summed E-state index contributed by atoms with van der Waals surface area (Å²) in [5.74, 6) is -6.14. The molecule has 1 aromatic carbocycles. The lowest BCUT2D eigenvalue weighted by atomic mass is 10.1. The Morgan fingerprint density at radius 2 is 1.94 bits per heavy atom. The van der Waals surface area contributed by atoms with E-state index in [-0.39, 0.29) is 25.1 Å². The zero-order chi connectivity index (χ0) is 24.6. The van der Waals surface area contributed by atoms with Crippen LogP contribution in [0.4, 0.5) is 13.2 Å². The van der Waals surface area contributed by atoms with Crippen molar-refractivity contribution in [1.29, 1.82) is 0 Å². The summed E-state index contributed by atoms with van der Waals surface area (Å²) in [4.78, 5) is 39.9. The normalized spacial score (nSPS) is 18.9. The number of rotatable bonds is 3. The fourth-order valence-electron chi connectivity index (χ4n) is 3.76. The first-order valence-electron chi connectivity index (χ1n) is 10.4. The maximum absolute atomic E-state index is 13.9. The van der Waals surface area contributed by atoms with Crippen molar-refractivity contribution in [3.8, 4) is 5.75 Å². The van der Waals surface area contributed by atoms with Crippen LogP contribution < -0.4 is 15.8 Å². The zero-order valence-corrected chi connectivity index (χ0v) is 18.1. The van der Waals surface area contributed by atoms with E-state index in [2.05, 4.69) is 5.32 Å². The average Bonchev–Trinajstić information content (AvgIpc) is 2.78. The second-order valence-corrected chi connectivity index (χ2v) is 7.86. The van der Waals surface area contributed by atoms with Gasteiger partial charge >= 0.3 is 0 Å². The first-order valence-corrected chi connectivity index (χ1v) is 10.4. The number of pyridine rings is 1. The zero-order valence-electron chi connectivity index (χ0n) is 18.1. The van der Waals surface area contributed by atoms with Crippen LogP contribution in [-0.2, 0) is 11.3 Å². The molecule has 2 amide bonds. The van der Waals surface area contributed by atoms with Crippen LogP contribution in [0.1, 0.15) is 39.8 Å². The number of hydrogen-bond donors (Lipinski definition) is 2. The van der Waals surface area contributed by atoms with Gasteiger partial charge in [-0.1, -0.05) is 12.2 Å². The summed E-state index contributed by atoms with van der Waals surface area (Å²) in [6, 6.07) is 0.592. The Labute approximate surface area is 191 Å². The highest BCUT2D eigenvalue weighted by Crippen LogP contribution is 2.24. The van der Waals surface area contributed by atoms with Crippen LogP contribution in [0.25, 0.3) is 0 Å². The van der Waals surface area contributed by atoms with Gasteiger partial charge in [0.2, 0.25) is 5.43 Å². The first-order chi connectivity index (χ1) is 16.2. The fourth-order valence-corrected chi connectivity index (χ4v) is 3.76. The third kappa shape index (κ3) is 4.23. The largest absolute Gasteiger partial charge is 0.502 e. The standard InChI is InChI=1S/C22H21F3N4O5/c1-12-4-2-3-5-34-11-27-10-28(12)22(33)18-20(31)19(30)15(9-29(18)27)21(32)26-8-14-16(24)6-13(23)7-17(14)25/h2,4,6-7,9,12,31H,3,5,8,10-11H2,1H3,(H,26,32)/b4-2-/t12-/m0/s1. The Kier molecular flexibility index (Phi) is 6.33. The number of ether oxygens (including phenoxy) is 1. The summed E-state index contributed by atoms with van der Waals surface area (Å²) in [6.07, 6.45) is 5.36. The Morgan fingerprint density at radius 1 is 1.24 bits per heavy atom. The molecule has 2 aliphatic heterocycles. The Balaban J connectivity index is 1.69. The van der Waals surface area contributed by atoms with Crippen LogP contribution in [0, 0.1) is 17.5 Å². The van der Waals surface area contributed by atoms with E-state index in [4.69, 9.17) is 4.74 Å². The number of nitrogens with zero attached hydrogens (tertiary/aromatic N) is 3. The summed E-state index contributed by atoms with van der Waals surface area (Å²) in [6.45, 7) is 1.54. The Hall–Kier alpha value is -3.80. The van der Waals surface area contributed by atoms with E-state index in [9.17, 15) is 32.7 Å². The van der Waals surface area contributed by atoms with Gasteiger partial charge in [-0.3, -0.25) is 24.1 Å². The highest BCUT2D eigenvalue weighted by Gasteiger charge is 2.36. The summed E-state index contributed by atoms with van der Waals surface area (Å²) in [5.41, 5.74) is -2.63. The number of fused-ring (bicyclic) bond motifs is 4. The van der Waals surface area contributed by atoms with Crippen molar-refractivity contribution in [1.82, 2.24) is 14.9 Å². The van der Waals surface area contributed by atoms with Crippen LogP contribution in [0.15, 0.2) is 35.3 Å². The number of nitrogens with one attached hydrogen (secondary N) is 1. The predicted octanol–water partition coefficient (Wildman–Crippen LogP) is 1.57. The van der Waals surface area contributed by atoms with Crippen LogP contribution in [0.2, 0.25) is 0 Å². The van der Waals surface area contributed by atoms with Gasteiger partial charge in [0, 0.05) is 36.5 Å². The van der Waals surface area contributed by atoms with Gasteiger partial charge in [0.15, 0.2) is 11.4 Å². The molecule has 0 unspecified atom stereocenters. The molecular weight excluding hydrogens is 457 g/mol. The van der Waals surface area contributed by atoms with Crippen molar-refractivity contribution < 1.29 is 32.6 Å². The summed E-state index contributed by atoms with van der Waals surface area (Å²) >= 11 is 0. The summed E-state index contributed by atoms with van der Waals surface area (Å²) in [7, 11) is 0. The Bertz CT molecular complexity index is 1220. The molecule has 0 radical (unpaired) electrons. The third-order valence-electron chi connectivity index (χ3n) is 5.60. The molecule has 0 aliphatic carbocycles. The van der Waals surface area contributed by atoms with Crippen molar-refractivity contribution in [2.75, 3.05) is 25.0 Å². The second-order valence-electron chi connectivity index (χ2n) is 7.86. The molecule has 1 aromatic heterocycles. The number of aromatic hydroxyl groups is 1. The number of amides is 2. The highest BCUT2D eigenvalue weighted by atomic mass is 19.1. The molecule has 1 atom stereocenters. The van der Waals surface area contributed by atoms with E-state index >= 15 is 0 Å². The smallest absolute Gasteiger partial charge is 0.278 e. The lowest BCUT2D eigenvalue weighted by Crippen LogP contribution is -2.57. The molecular formula is C22H21F3N4O5. The third-order valence-corrected chi connectivity index (χ3v) is 5.60. The average molecular weight is 478 g/mol. The van der Waals surface area contributed by atoms with Gasteiger partial charge < -0.3 is 20.1 Å². The quantitative estimate of drug-likeness (QED) is 0.650. The van der Waals surface area contributed by atoms with Crippen LogP contribution in [-0.4, -0.2) is 52.5 Å². The molecule has 2 aromatic rings. The summed E-state index contributed by atoms with van der Waals surface area (Å²) in [5, 5.41) is 14.3.